The molecule has 3 rings (SSSR count). The smallest absolute Gasteiger partial charge is 0.153 e. The highest BCUT2D eigenvalue weighted by atomic mass is 15.3. The normalized spacial score (nSPS) is 20.7. The van der Waals surface area contributed by atoms with Gasteiger partial charge in [0.2, 0.25) is 0 Å². The fraction of sp³-hybridized carbons (Fsp3) is 0.500. The molecule has 0 bridgehead atoms. The molecule has 2 aromatic rings. The number of nitrogens with one attached hydrogen (secondary N) is 1. The van der Waals surface area contributed by atoms with E-state index in [4.69, 9.17) is 0 Å². The minimum absolute atomic E-state index is 0.280. The fourth-order valence-electron chi connectivity index (χ4n) is 3.13. The molecule has 1 aliphatic carbocycles. The molecule has 106 valence electrons. The van der Waals surface area contributed by atoms with Crippen LogP contribution in [0.3, 0.4) is 0 Å². The minimum Gasteiger partial charge on any atom is -0.313 e. The van der Waals surface area contributed by atoms with Crippen LogP contribution >= 0.6 is 0 Å². The molecule has 4 heteroatoms. The van der Waals surface area contributed by atoms with E-state index in [9.17, 15) is 0 Å². The van der Waals surface area contributed by atoms with Crippen LogP contribution in [0, 0.1) is 12.3 Å². The average Bonchev–Trinajstić information content (AvgIpc) is 2.80. The maximum atomic E-state index is 4.59. The number of rotatable bonds is 2. The highest BCUT2D eigenvalue weighted by Crippen LogP contribution is 2.40. The summed E-state index contributed by atoms with van der Waals surface area (Å²) in [6.07, 6.45) is 6.03. The Labute approximate surface area is 120 Å². The molecule has 2 aromatic heterocycles. The molecule has 0 fully saturated rings. The summed E-state index contributed by atoms with van der Waals surface area (Å²) in [6, 6.07) is 4.48. The van der Waals surface area contributed by atoms with E-state index in [1.807, 2.05) is 30.2 Å². The quantitative estimate of drug-likeness (QED) is 0.912. The Morgan fingerprint density at radius 1 is 1.40 bits per heavy atom. The lowest BCUT2D eigenvalue weighted by Crippen LogP contribution is -2.32. The highest BCUT2D eigenvalue weighted by molar-refractivity contribution is 5.35. The number of hydrogen-bond acceptors (Lipinski definition) is 3. The number of aryl methyl sites for hydroxylation is 1. The Balaban J connectivity index is 2.10. The van der Waals surface area contributed by atoms with Gasteiger partial charge in [-0.05, 0) is 49.9 Å². The van der Waals surface area contributed by atoms with Gasteiger partial charge >= 0.3 is 0 Å². The molecule has 1 unspecified atom stereocenters. The largest absolute Gasteiger partial charge is 0.313 e. The first kappa shape index (κ1) is 13.3. The van der Waals surface area contributed by atoms with Crippen molar-refractivity contribution in [2.75, 3.05) is 7.05 Å². The van der Waals surface area contributed by atoms with Crippen molar-refractivity contribution in [1.29, 1.82) is 0 Å². The molecule has 0 aliphatic heterocycles. The lowest BCUT2D eigenvalue weighted by Gasteiger charge is -2.35. The Morgan fingerprint density at radius 2 is 2.20 bits per heavy atom. The molecule has 20 heavy (non-hydrogen) atoms. The third kappa shape index (κ3) is 2.24. The lowest BCUT2D eigenvalue weighted by molar-refractivity contribution is 0.260. The van der Waals surface area contributed by atoms with Gasteiger partial charge in [-0.3, -0.25) is 0 Å². The van der Waals surface area contributed by atoms with Crippen molar-refractivity contribution in [3.05, 3.63) is 41.3 Å². The van der Waals surface area contributed by atoms with Gasteiger partial charge in [0.05, 0.1) is 11.9 Å². The van der Waals surface area contributed by atoms with Crippen molar-refractivity contribution in [3.8, 4) is 5.82 Å². The van der Waals surface area contributed by atoms with Crippen molar-refractivity contribution in [2.45, 2.75) is 39.7 Å². The Bertz CT molecular complexity index is 627. The second kappa shape index (κ2) is 4.70. The van der Waals surface area contributed by atoms with Crippen LogP contribution in [0.2, 0.25) is 0 Å². The van der Waals surface area contributed by atoms with E-state index in [0.717, 1.165) is 18.7 Å². The van der Waals surface area contributed by atoms with Crippen molar-refractivity contribution >= 4 is 0 Å². The number of nitrogens with zero attached hydrogens (tertiary/aromatic N) is 3. The number of pyridine rings is 1. The summed E-state index contributed by atoms with van der Waals surface area (Å²) in [4.78, 5) is 4.47. The van der Waals surface area contributed by atoms with Gasteiger partial charge in [-0.15, -0.1) is 0 Å². The van der Waals surface area contributed by atoms with E-state index in [-0.39, 0.29) is 5.41 Å². The standard InChI is InChI=1S/C16H22N4/c1-11-5-6-18-15(7-11)20-14-9-16(2,3)8-13(17-4)12(14)10-19-20/h5-7,10,13,17H,8-9H2,1-4H3. The topological polar surface area (TPSA) is 42.7 Å². The van der Waals surface area contributed by atoms with E-state index in [0.29, 0.717) is 6.04 Å². The van der Waals surface area contributed by atoms with Crippen LogP contribution < -0.4 is 5.32 Å². The summed E-state index contributed by atoms with van der Waals surface area (Å²) < 4.78 is 2.01. The molecular weight excluding hydrogens is 248 g/mol. The molecule has 0 saturated carbocycles. The van der Waals surface area contributed by atoms with E-state index in [1.54, 1.807) is 0 Å². The molecule has 0 amide bonds. The van der Waals surface area contributed by atoms with Crippen LogP contribution in [-0.2, 0) is 6.42 Å². The minimum atomic E-state index is 0.280. The molecule has 0 aromatic carbocycles. The first-order valence-corrected chi connectivity index (χ1v) is 7.17. The first-order chi connectivity index (χ1) is 9.50. The van der Waals surface area contributed by atoms with Gasteiger partial charge in [0, 0.05) is 17.8 Å². The zero-order chi connectivity index (χ0) is 14.3. The Hall–Kier alpha value is -1.68. The van der Waals surface area contributed by atoms with Gasteiger partial charge < -0.3 is 5.32 Å². The molecule has 0 saturated heterocycles. The third-order valence-corrected chi connectivity index (χ3v) is 4.15. The van der Waals surface area contributed by atoms with E-state index in [1.165, 1.54) is 16.8 Å². The second-order valence-corrected chi connectivity index (χ2v) is 6.54. The highest BCUT2D eigenvalue weighted by Gasteiger charge is 2.34. The van der Waals surface area contributed by atoms with Crippen LogP contribution in [-0.4, -0.2) is 21.8 Å². The van der Waals surface area contributed by atoms with Crippen LogP contribution in [0.1, 0.15) is 43.1 Å². The molecule has 0 spiro atoms. The maximum absolute atomic E-state index is 4.59. The summed E-state index contributed by atoms with van der Waals surface area (Å²) >= 11 is 0. The molecular formula is C16H22N4. The lowest BCUT2D eigenvalue weighted by atomic mass is 9.74. The Kier molecular flexibility index (Phi) is 3.13. The van der Waals surface area contributed by atoms with Crippen molar-refractivity contribution in [3.63, 3.8) is 0 Å². The maximum Gasteiger partial charge on any atom is 0.153 e. The summed E-state index contributed by atoms with van der Waals surface area (Å²) in [6.45, 7) is 6.73. The van der Waals surface area contributed by atoms with Crippen LogP contribution in [0.4, 0.5) is 0 Å². The van der Waals surface area contributed by atoms with Gasteiger partial charge in [0.15, 0.2) is 5.82 Å². The molecule has 1 aliphatic rings. The summed E-state index contributed by atoms with van der Waals surface area (Å²) in [5.74, 6) is 0.916. The molecule has 4 nitrogen and oxygen atoms in total. The van der Waals surface area contributed by atoms with Crippen molar-refractivity contribution < 1.29 is 0 Å². The zero-order valence-electron chi connectivity index (χ0n) is 12.6. The van der Waals surface area contributed by atoms with Gasteiger partial charge in [-0.2, -0.15) is 5.10 Å². The summed E-state index contributed by atoms with van der Waals surface area (Å²) in [5.41, 5.74) is 4.09. The van der Waals surface area contributed by atoms with Gasteiger partial charge in [-0.1, -0.05) is 13.8 Å². The number of fused-ring (bicyclic) bond motifs is 1. The van der Waals surface area contributed by atoms with Crippen LogP contribution in [0.5, 0.6) is 0 Å². The van der Waals surface area contributed by atoms with Crippen molar-refractivity contribution in [2.24, 2.45) is 5.41 Å². The first-order valence-electron chi connectivity index (χ1n) is 7.17. The van der Waals surface area contributed by atoms with E-state index in [2.05, 4.69) is 42.2 Å². The molecule has 0 radical (unpaired) electrons. The van der Waals surface area contributed by atoms with Crippen molar-refractivity contribution in [1.82, 2.24) is 20.1 Å². The molecule has 1 atom stereocenters. The zero-order valence-corrected chi connectivity index (χ0v) is 12.6. The Morgan fingerprint density at radius 3 is 2.90 bits per heavy atom. The van der Waals surface area contributed by atoms with Gasteiger partial charge in [0.1, 0.15) is 0 Å². The fourth-order valence-corrected chi connectivity index (χ4v) is 3.13. The van der Waals surface area contributed by atoms with E-state index < -0.39 is 0 Å². The van der Waals surface area contributed by atoms with E-state index >= 15 is 0 Å². The third-order valence-electron chi connectivity index (χ3n) is 4.15. The SMILES string of the molecule is CNC1CC(C)(C)Cc2c1cnn2-c1cc(C)ccn1. The number of aromatic nitrogens is 3. The number of hydrogen-bond donors (Lipinski definition) is 1. The summed E-state index contributed by atoms with van der Waals surface area (Å²) in [5, 5.41) is 8.01. The van der Waals surface area contributed by atoms with Crippen LogP contribution in [0.25, 0.3) is 5.82 Å². The molecule has 2 heterocycles. The predicted molar refractivity (Wildman–Crippen MR) is 80.0 cm³/mol. The second-order valence-electron chi connectivity index (χ2n) is 6.54. The average molecular weight is 270 g/mol. The predicted octanol–water partition coefficient (Wildman–Crippen LogP) is 2.81. The van der Waals surface area contributed by atoms with Gasteiger partial charge in [0.25, 0.3) is 0 Å². The molecule has 1 N–H and O–H groups in total. The summed E-state index contributed by atoms with van der Waals surface area (Å²) in [7, 11) is 2.03. The monoisotopic (exact) mass is 270 g/mol. The van der Waals surface area contributed by atoms with Crippen LogP contribution in [0.15, 0.2) is 24.5 Å². The van der Waals surface area contributed by atoms with Gasteiger partial charge in [-0.25, -0.2) is 9.67 Å².